The molecule has 0 aliphatic heterocycles. The minimum absolute atomic E-state index is 0.194. The zero-order chi connectivity index (χ0) is 12.7. The SMILES string of the molecule is Fc1ccc2nc(CCl)n(C3CCCC3)c2c1F. The second-order valence-electron chi connectivity index (χ2n) is 4.70. The van der Waals surface area contributed by atoms with Gasteiger partial charge in [-0.1, -0.05) is 12.8 Å². The number of imidazole rings is 1. The van der Waals surface area contributed by atoms with Gasteiger partial charge in [0.15, 0.2) is 11.6 Å². The van der Waals surface area contributed by atoms with Gasteiger partial charge in [-0.15, -0.1) is 11.6 Å². The molecule has 0 unspecified atom stereocenters. The quantitative estimate of drug-likeness (QED) is 0.749. The van der Waals surface area contributed by atoms with E-state index >= 15 is 0 Å². The maximum atomic E-state index is 14.0. The van der Waals surface area contributed by atoms with Gasteiger partial charge in [0.25, 0.3) is 0 Å². The fourth-order valence-electron chi connectivity index (χ4n) is 2.82. The van der Waals surface area contributed by atoms with E-state index in [2.05, 4.69) is 4.98 Å². The molecule has 1 aromatic heterocycles. The zero-order valence-electron chi connectivity index (χ0n) is 9.80. The van der Waals surface area contributed by atoms with Crippen LogP contribution in [0, 0.1) is 11.6 Å². The summed E-state index contributed by atoms with van der Waals surface area (Å²) < 4.78 is 29.2. The van der Waals surface area contributed by atoms with Crippen LogP contribution in [0.4, 0.5) is 8.78 Å². The van der Waals surface area contributed by atoms with E-state index in [1.165, 1.54) is 6.07 Å². The van der Waals surface area contributed by atoms with E-state index in [-0.39, 0.29) is 17.4 Å². The molecule has 0 N–H and O–H groups in total. The van der Waals surface area contributed by atoms with Crippen LogP contribution in [0.3, 0.4) is 0 Å². The molecule has 5 heteroatoms. The van der Waals surface area contributed by atoms with Crippen LogP contribution >= 0.6 is 11.6 Å². The minimum atomic E-state index is -0.831. The number of hydrogen-bond donors (Lipinski definition) is 0. The highest BCUT2D eigenvalue weighted by atomic mass is 35.5. The van der Waals surface area contributed by atoms with E-state index in [1.807, 2.05) is 0 Å². The van der Waals surface area contributed by atoms with Crippen LogP contribution in [0.15, 0.2) is 12.1 Å². The van der Waals surface area contributed by atoms with Crippen LogP contribution in [0.1, 0.15) is 37.5 Å². The van der Waals surface area contributed by atoms with Gasteiger partial charge < -0.3 is 4.57 Å². The lowest BCUT2D eigenvalue weighted by Crippen LogP contribution is -2.09. The van der Waals surface area contributed by atoms with Crippen molar-refractivity contribution in [1.29, 1.82) is 0 Å². The highest BCUT2D eigenvalue weighted by Gasteiger charge is 2.25. The van der Waals surface area contributed by atoms with Crippen LogP contribution in [-0.4, -0.2) is 9.55 Å². The van der Waals surface area contributed by atoms with E-state index in [9.17, 15) is 8.78 Å². The summed E-state index contributed by atoms with van der Waals surface area (Å²) >= 11 is 5.87. The standard InChI is InChI=1S/C13H13ClF2N2/c14-7-11-17-10-6-5-9(15)12(16)13(10)18(11)8-3-1-2-4-8/h5-6,8H,1-4,7H2. The summed E-state index contributed by atoms with van der Waals surface area (Å²) in [6.07, 6.45) is 4.18. The molecular weight excluding hydrogens is 258 g/mol. The zero-order valence-corrected chi connectivity index (χ0v) is 10.6. The number of hydrogen-bond acceptors (Lipinski definition) is 1. The predicted molar refractivity (Wildman–Crippen MR) is 66.7 cm³/mol. The Morgan fingerprint density at radius 1 is 1.28 bits per heavy atom. The molecule has 1 aliphatic rings. The second-order valence-corrected chi connectivity index (χ2v) is 4.97. The smallest absolute Gasteiger partial charge is 0.184 e. The molecule has 3 rings (SSSR count). The highest BCUT2D eigenvalue weighted by molar-refractivity contribution is 6.16. The van der Waals surface area contributed by atoms with Gasteiger partial charge in [0.05, 0.1) is 11.4 Å². The lowest BCUT2D eigenvalue weighted by Gasteiger charge is -2.15. The molecule has 0 radical (unpaired) electrons. The van der Waals surface area contributed by atoms with Gasteiger partial charge in [0, 0.05) is 6.04 Å². The third kappa shape index (κ3) is 1.70. The fraction of sp³-hybridized carbons (Fsp3) is 0.462. The van der Waals surface area contributed by atoms with Gasteiger partial charge >= 0.3 is 0 Å². The fourth-order valence-corrected chi connectivity index (χ4v) is 3.01. The Morgan fingerprint density at radius 2 is 2.00 bits per heavy atom. The number of rotatable bonds is 2. The molecule has 1 aromatic carbocycles. The van der Waals surface area contributed by atoms with Crippen molar-refractivity contribution in [2.45, 2.75) is 37.6 Å². The number of nitrogens with zero attached hydrogens (tertiary/aromatic N) is 2. The van der Waals surface area contributed by atoms with E-state index in [0.717, 1.165) is 31.7 Å². The largest absolute Gasteiger partial charge is 0.321 e. The van der Waals surface area contributed by atoms with Gasteiger partial charge in [0.2, 0.25) is 0 Å². The summed E-state index contributed by atoms with van der Waals surface area (Å²) in [5.41, 5.74) is 0.744. The first kappa shape index (κ1) is 11.9. The monoisotopic (exact) mass is 270 g/mol. The molecule has 0 atom stereocenters. The predicted octanol–water partition coefficient (Wildman–Crippen LogP) is 4.17. The summed E-state index contributed by atoms with van der Waals surface area (Å²) in [4.78, 5) is 4.30. The molecule has 1 fully saturated rings. The van der Waals surface area contributed by atoms with Crippen molar-refractivity contribution < 1.29 is 8.78 Å². The average molecular weight is 271 g/mol. The van der Waals surface area contributed by atoms with Gasteiger partial charge in [-0.2, -0.15) is 0 Å². The van der Waals surface area contributed by atoms with E-state index in [0.29, 0.717) is 11.3 Å². The molecule has 0 spiro atoms. The molecule has 1 aliphatic carbocycles. The molecule has 1 saturated carbocycles. The lowest BCUT2D eigenvalue weighted by atomic mass is 10.2. The van der Waals surface area contributed by atoms with Crippen LogP contribution in [0.25, 0.3) is 11.0 Å². The summed E-state index contributed by atoms with van der Waals surface area (Å²) in [7, 11) is 0. The first-order chi connectivity index (χ1) is 8.72. The molecule has 2 aromatic rings. The number of fused-ring (bicyclic) bond motifs is 1. The van der Waals surface area contributed by atoms with Crippen molar-refractivity contribution in [2.75, 3.05) is 0 Å². The van der Waals surface area contributed by atoms with Gasteiger partial charge in [-0.05, 0) is 25.0 Å². The second kappa shape index (κ2) is 4.50. The van der Waals surface area contributed by atoms with Crippen LogP contribution < -0.4 is 0 Å². The number of alkyl halides is 1. The summed E-state index contributed by atoms with van der Waals surface area (Å²) in [5, 5.41) is 0. The third-order valence-corrected chi connectivity index (χ3v) is 3.86. The van der Waals surface area contributed by atoms with Crippen LogP contribution in [0.5, 0.6) is 0 Å². The van der Waals surface area contributed by atoms with Gasteiger partial charge in [-0.3, -0.25) is 0 Å². The molecule has 0 saturated heterocycles. The first-order valence-corrected chi connectivity index (χ1v) is 6.66. The summed E-state index contributed by atoms with van der Waals surface area (Å²) in [5.74, 6) is -0.805. The number of halogens is 3. The molecule has 18 heavy (non-hydrogen) atoms. The lowest BCUT2D eigenvalue weighted by molar-refractivity contribution is 0.486. The minimum Gasteiger partial charge on any atom is -0.321 e. The van der Waals surface area contributed by atoms with Crippen molar-refractivity contribution in [3.05, 3.63) is 29.6 Å². The van der Waals surface area contributed by atoms with Crippen molar-refractivity contribution in [2.24, 2.45) is 0 Å². The Balaban J connectivity index is 2.28. The summed E-state index contributed by atoms with van der Waals surface area (Å²) in [6, 6.07) is 2.82. The van der Waals surface area contributed by atoms with Crippen LogP contribution in [0.2, 0.25) is 0 Å². The van der Waals surface area contributed by atoms with Crippen molar-refractivity contribution in [3.63, 3.8) is 0 Å². The Morgan fingerprint density at radius 3 is 2.67 bits per heavy atom. The van der Waals surface area contributed by atoms with E-state index < -0.39 is 11.6 Å². The number of aromatic nitrogens is 2. The van der Waals surface area contributed by atoms with Crippen molar-refractivity contribution in [1.82, 2.24) is 9.55 Å². The van der Waals surface area contributed by atoms with Gasteiger partial charge in [-0.25, -0.2) is 13.8 Å². The maximum absolute atomic E-state index is 14.0. The average Bonchev–Trinajstić information content (AvgIpc) is 2.99. The Labute approximate surface area is 109 Å². The molecule has 0 amide bonds. The third-order valence-electron chi connectivity index (χ3n) is 3.63. The highest BCUT2D eigenvalue weighted by Crippen LogP contribution is 2.35. The molecule has 0 bridgehead atoms. The first-order valence-electron chi connectivity index (χ1n) is 6.13. The molecule has 96 valence electrons. The van der Waals surface area contributed by atoms with E-state index in [1.54, 1.807) is 4.57 Å². The normalized spacial score (nSPS) is 16.8. The Hall–Kier alpha value is -1.16. The Kier molecular flexibility index (Phi) is 2.98. The van der Waals surface area contributed by atoms with Crippen molar-refractivity contribution in [3.8, 4) is 0 Å². The molecule has 1 heterocycles. The number of benzene rings is 1. The van der Waals surface area contributed by atoms with Gasteiger partial charge in [0.1, 0.15) is 11.3 Å². The molecule has 2 nitrogen and oxygen atoms in total. The maximum Gasteiger partial charge on any atom is 0.184 e. The summed E-state index contributed by atoms with van der Waals surface area (Å²) in [6.45, 7) is 0. The van der Waals surface area contributed by atoms with Crippen molar-refractivity contribution >= 4 is 22.6 Å². The van der Waals surface area contributed by atoms with E-state index in [4.69, 9.17) is 11.6 Å². The van der Waals surface area contributed by atoms with Crippen LogP contribution in [-0.2, 0) is 5.88 Å². The topological polar surface area (TPSA) is 17.8 Å². The molecular formula is C13H13ClF2N2. The Bertz CT molecular complexity index is 588.